The molecule has 5 nitrogen and oxygen atoms in total. The summed E-state index contributed by atoms with van der Waals surface area (Å²) in [4.78, 5) is 21.2. The van der Waals surface area contributed by atoms with Crippen LogP contribution in [0.1, 0.15) is 5.69 Å². The summed E-state index contributed by atoms with van der Waals surface area (Å²) in [6, 6.07) is 7.83. The van der Waals surface area contributed by atoms with Gasteiger partial charge in [0.2, 0.25) is 5.95 Å². The first-order chi connectivity index (χ1) is 8.31. The average molecular weight is 246 g/mol. The molecule has 0 amide bonds. The van der Waals surface area contributed by atoms with Gasteiger partial charge in [-0.1, -0.05) is 23.5 Å². The van der Waals surface area contributed by atoms with Crippen molar-refractivity contribution >= 4 is 28.3 Å². The minimum atomic E-state index is -0.0357. The lowest BCUT2D eigenvalue weighted by molar-refractivity contribution is 1.03. The zero-order valence-corrected chi connectivity index (χ0v) is 9.67. The Morgan fingerprint density at radius 1 is 1.29 bits per heavy atom. The molecule has 0 unspecified atom stereocenters. The third kappa shape index (κ3) is 2.07. The molecule has 0 aliphatic rings. The van der Waals surface area contributed by atoms with Crippen molar-refractivity contribution in [3.63, 3.8) is 0 Å². The van der Waals surface area contributed by atoms with Gasteiger partial charge in [-0.05, 0) is 12.1 Å². The van der Waals surface area contributed by atoms with Gasteiger partial charge in [-0.15, -0.1) is 0 Å². The molecule has 0 radical (unpaired) electrons. The highest BCUT2D eigenvalue weighted by Crippen LogP contribution is 2.13. The van der Waals surface area contributed by atoms with Crippen LogP contribution < -0.4 is 10.2 Å². The smallest absolute Gasteiger partial charge is 0.304 e. The fourth-order valence-electron chi connectivity index (χ4n) is 1.62. The number of aromatic nitrogens is 3. The number of aromatic amines is 2. The summed E-state index contributed by atoms with van der Waals surface area (Å²) < 4.78 is 0. The van der Waals surface area contributed by atoms with E-state index in [-0.39, 0.29) is 4.87 Å². The molecule has 3 N–H and O–H groups in total. The number of imidazole rings is 1. The van der Waals surface area contributed by atoms with Crippen LogP contribution in [0.3, 0.4) is 0 Å². The van der Waals surface area contributed by atoms with Crippen LogP contribution in [0.25, 0.3) is 11.0 Å². The second kappa shape index (κ2) is 4.06. The second-order valence-electron chi connectivity index (χ2n) is 3.63. The molecule has 2 aromatic heterocycles. The molecule has 1 aromatic carbocycles. The molecule has 17 heavy (non-hydrogen) atoms. The molecule has 2 heterocycles. The Bertz CT molecular complexity index is 663. The van der Waals surface area contributed by atoms with E-state index in [2.05, 4.69) is 20.3 Å². The van der Waals surface area contributed by atoms with Crippen LogP contribution in [-0.2, 0) is 6.54 Å². The van der Waals surface area contributed by atoms with Gasteiger partial charge < -0.3 is 15.3 Å². The van der Waals surface area contributed by atoms with Gasteiger partial charge in [-0.3, -0.25) is 4.79 Å². The number of nitrogens with zero attached hydrogens (tertiary/aromatic N) is 1. The second-order valence-corrected chi connectivity index (χ2v) is 4.47. The summed E-state index contributed by atoms with van der Waals surface area (Å²) in [5, 5.41) is 4.94. The highest BCUT2D eigenvalue weighted by Gasteiger charge is 2.02. The number of fused-ring (bicyclic) bond motifs is 1. The van der Waals surface area contributed by atoms with E-state index in [1.807, 2.05) is 24.3 Å². The zero-order chi connectivity index (χ0) is 11.7. The lowest BCUT2D eigenvalue weighted by Gasteiger charge is -1.98. The van der Waals surface area contributed by atoms with Gasteiger partial charge in [0, 0.05) is 11.1 Å². The Balaban J connectivity index is 1.78. The summed E-state index contributed by atoms with van der Waals surface area (Å²) in [6.07, 6.45) is 0. The van der Waals surface area contributed by atoms with Crippen molar-refractivity contribution in [2.75, 3.05) is 5.32 Å². The van der Waals surface area contributed by atoms with E-state index in [0.29, 0.717) is 12.5 Å². The topological polar surface area (TPSA) is 73.6 Å². The highest BCUT2D eigenvalue weighted by atomic mass is 32.1. The molecule has 0 spiro atoms. The maximum absolute atomic E-state index is 11.0. The molecule has 86 valence electrons. The normalized spacial score (nSPS) is 10.8. The van der Waals surface area contributed by atoms with Crippen molar-refractivity contribution in [1.29, 1.82) is 0 Å². The number of anilines is 1. The Morgan fingerprint density at radius 2 is 2.18 bits per heavy atom. The van der Waals surface area contributed by atoms with Gasteiger partial charge in [0.05, 0.1) is 17.6 Å². The summed E-state index contributed by atoms with van der Waals surface area (Å²) in [5.41, 5.74) is 2.78. The molecule has 0 saturated heterocycles. The zero-order valence-electron chi connectivity index (χ0n) is 8.86. The number of para-hydroxylation sites is 2. The molecule has 6 heteroatoms. The molecular formula is C11H10N4OS. The van der Waals surface area contributed by atoms with E-state index in [1.54, 1.807) is 5.38 Å². The van der Waals surface area contributed by atoms with E-state index < -0.39 is 0 Å². The Morgan fingerprint density at radius 3 is 2.94 bits per heavy atom. The van der Waals surface area contributed by atoms with Crippen molar-refractivity contribution in [2.24, 2.45) is 0 Å². The first-order valence-electron chi connectivity index (χ1n) is 5.16. The van der Waals surface area contributed by atoms with Crippen molar-refractivity contribution in [3.8, 4) is 0 Å². The van der Waals surface area contributed by atoms with Crippen LogP contribution in [-0.4, -0.2) is 15.0 Å². The minimum Gasteiger partial charge on any atom is -0.350 e. The summed E-state index contributed by atoms with van der Waals surface area (Å²) in [6.45, 7) is 0.554. The van der Waals surface area contributed by atoms with Crippen LogP contribution in [0.4, 0.5) is 5.95 Å². The molecule has 0 bridgehead atoms. The van der Waals surface area contributed by atoms with E-state index in [0.717, 1.165) is 28.1 Å². The number of H-pyrrole nitrogens is 2. The number of nitrogens with one attached hydrogen (secondary N) is 3. The van der Waals surface area contributed by atoms with Gasteiger partial charge >= 0.3 is 4.87 Å². The lowest BCUT2D eigenvalue weighted by Crippen LogP contribution is -2.03. The fourth-order valence-corrected chi connectivity index (χ4v) is 2.20. The van der Waals surface area contributed by atoms with Crippen molar-refractivity contribution < 1.29 is 0 Å². The standard InChI is InChI=1S/C11H10N4OS/c16-11-13-7(6-17-11)5-12-10-14-8-3-1-2-4-9(8)15-10/h1-4,6H,5H2,(H,13,16)(H2,12,14,15). The SMILES string of the molecule is O=c1[nH]c(CNc2nc3ccccc3[nH]2)cs1. The van der Waals surface area contributed by atoms with Crippen LogP contribution in [0.15, 0.2) is 34.4 Å². The fraction of sp³-hybridized carbons (Fsp3) is 0.0909. The number of hydrogen-bond donors (Lipinski definition) is 3. The maximum atomic E-state index is 11.0. The number of thiazole rings is 1. The third-order valence-electron chi connectivity index (χ3n) is 2.41. The molecule has 3 aromatic rings. The van der Waals surface area contributed by atoms with Gasteiger partial charge in [0.25, 0.3) is 0 Å². The van der Waals surface area contributed by atoms with Gasteiger partial charge in [0.15, 0.2) is 0 Å². The predicted molar refractivity (Wildman–Crippen MR) is 68.4 cm³/mol. The van der Waals surface area contributed by atoms with Gasteiger partial charge in [0.1, 0.15) is 0 Å². The van der Waals surface area contributed by atoms with Crippen molar-refractivity contribution in [2.45, 2.75) is 6.54 Å². The average Bonchev–Trinajstić information content (AvgIpc) is 2.91. The molecule has 0 aliphatic heterocycles. The molecule has 3 rings (SSSR count). The van der Waals surface area contributed by atoms with Gasteiger partial charge in [-0.25, -0.2) is 4.98 Å². The van der Waals surface area contributed by atoms with Crippen LogP contribution in [0.2, 0.25) is 0 Å². The molecular weight excluding hydrogens is 236 g/mol. The van der Waals surface area contributed by atoms with Crippen molar-refractivity contribution in [3.05, 3.63) is 45.0 Å². The summed E-state index contributed by atoms with van der Waals surface area (Å²) >= 11 is 1.16. The van der Waals surface area contributed by atoms with Crippen molar-refractivity contribution in [1.82, 2.24) is 15.0 Å². The molecule has 0 saturated carbocycles. The minimum absolute atomic E-state index is 0.0357. The van der Waals surface area contributed by atoms with E-state index in [1.165, 1.54) is 0 Å². The van der Waals surface area contributed by atoms with Gasteiger partial charge in [-0.2, -0.15) is 0 Å². The quantitative estimate of drug-likeness (QED) is 0.661. The maximum Gasteiger partial charge on any atom is 0.304 e. The largest absolute Gasteiger partial charge is 0.350 e. The first kappa shape index (κ1) is 10.1. The number of rotatable bonds is 3. The number of hydrogen-bond acceptors (Lipinski definition) is 4. The van der Waals surface area contributed by atoms with Crippen LogP contribution in [0.5, 0.6) is 0 Å². The van der Waals surface area contributed by atoms with E-state index in [9.17, 15) is 4.79 Å². The Hall–Kier alpha value is -2.08. The van der Waals surface area contributed by atoms with Crippen LogP contribution in [0, 0.1) is 0 Å². The Labute approximate surface area is 101 Å². The monoisotopic (exact) mass is 246 g/mol. The number of benzene rings is 1. The van der Waals surface area contributed by atoms with E-state index >= 15 is 0 Å². The predicted octanol–water partition coefficient (Wildman–Crippen LogP) is 1.92. The summed E-state index contributed by atoms with van der Waals surface area (Å²) in [7, 11) is 0. The van der Waals surface area contributed by atoms with Crippen LogP contribution >= 0.6 is 11.3 Å². The third-order valence-corrected chi connectivity index (χ3v) is 3.13. The summed E-state index contributed by atoms with van der Waals surface area (Å²) in [5.74, 6) is 0.707. The molecule has 0 fully saturated rings. The first-order valence-corrected chi connectivity index (χ1v) is 6.04. The Kier molecular flexibility index (Phi) is 2.41. The molecule has 0 aliphatic carbocycles. The lowest BCUT2D eigenvalue weighted by atomic mass is 10.3. The highest BCUT2D eigenvalue weighted by molar-refractivity contribution is 7.07. The van der Waals surface area contributed by atoms with E-state index in [4.69, 9.17) is 0 Å². The molecule has 0 atom stereocenters.